The summed E-state index contributed by atoms with van der Waals surface area (Å²) in [4.78, 5) is 23.5. The molecular weight excluding hydrogens is 170 g/mol. The minimum atomic E-state index is -0.256. The number of nitrogens with one attached hydrogen (secondary N) is 1. The highest BCUT2D eigenvalue weighted by Gasteiger charge is 2.21. The van der Waals surface area contributed by atoms with E-state index in [-0.39, 0.29) is 24.9 Å². The summed E-state index contributed by atoms with van der Waals surface area (Å²) in [6, 6.07) is 2.02. The van der Waals surface area contributed by atoms with Crippen molar-refractivity contribution in [2.24, 2.45) is 0 Å². The fourth-order valence-electron chi connectivity index (χ4n) is 1.24. The summed E-state index contributed by atoms with van der Waals surface area (Å²) in [6.07, 6.45) is 1.17. The Balaban J connectivity index is 2.30. The minimum Gasteiger partial charge on any atom is -0.294 e. The second-order valence-electron chi connectivity index (χ2n) is 2.94. The largest absolute Gasteiger partial charge is 0.294 e. The summed E-state index contributed by atoms with van der Waals surface area (Å²) >= 11 is 0. The maximum atomic E-state index is 10.9. The molecule has 0 radical (unpaired) electrons. The Morgan fingerprint density at radius 3 is 2.54 bits per heavy atom. The molecular formula is C8H11N3O2. The lowest BCUT2D eigenvalue weighted by Gasteiger charge is -2.24. The minimum absolute atomic E-state index is 0.256. The highest BCUT2D eigenvalue weighted by molar-refractivity contribution is 5.99. The molecule has 1 fully saturated rings. The zero-order chi connectivity index (χ0) is 9.68. The number of nitrogens with zero attached hydrogens (tertiary/aromatic N) is 2. The fourth-order valence-corrected chi connectivity index (χ4v) is 1.24. The van der Waals surface area contributed by atoms with Gasteiger partial charge in [0.25, 0.3) is 0 Å². The Hall–Kier alpha value is -1.41. The van der Waals surface area contributed by atoms with Crippen LogP contribution in [0.1, 0.15) is 12.8 Å². The first-order valence-corrected chi connectivity index (χ1v) is 4.14. The van der Waals surface area contributed by atoms with Gasteiger partial charge in [-0.3, -0.25) is 19.8 Å². The topological polar surface area (TPSA) is 73.2 Å². The van der Waals surface area contributed by atoms with Crippen LogP contribution in [0.5, 0.6) is 0 Å². The average molecular weight is 181 g/mol. The van der Waals surface area contributed by atoms with Crippen LogP contribution in [0.3, 0.4) is 0 Å². The molecule has 0 atom stereocenters. The summed E-state index contributed by atoms with van der Waals surface area (Å²) in [7, 11) is 0. The van der Waals surface area contributed by atoms with Crippen LogP contribution in [0.4, 0.5) is 0 Å². The quantitative estimate of drug-likeness (QED) is 0.459. The maximum Gasteiger partial charge on any atom is 0.240 e. The highest BCUT2D eigenvalue weighted by atomic mass is 16.2. The summed E-state index contributed by atoms with van der Waals surface area (Å²) < 4.78 is 0. The van der Waals surface area contributed by atoms with Crippen molar-refractivity contribution in [3.63, 3.8) is 0 Å². The molecule has 0 saturated carbocycles. The second kappa shape index (κ2) is 4.58. The van der Waals surface area contributed by atoms with Crippen molar-refractivity contribution >= 4 is 11.8 Å². The van der Waals surface area contributed by atoms with E-state index >= 15 is 0 Å². The number of unbranched alkanes of at least 4 members (excludes halogenated alkanes) is 1. The molecule has 0 aromatic heterocycles. The molecule has 1 aliphatic heterocycles. The lowest BCUT2D eigenvalue weighted by molar-refractivity contribution is -0.136. The van der Waals surface area contributed by atoms with Gasteiger partial charge in [0.05, 0.1) is 19.2 Å². The van der Waals surface area contributed by atoms with Gasteiger partial charge >= 0.3 is 0 Å². The van der Waals surface area contributed by atoms with Crippen molar-refractivity contribution < 1.29 is 9.59 Å². The van der Waals surface area contributed by atoms with Gasteiger partial charge in [-0.05, 0) is 6.42 Å². The number of imide groups is 1. The molecule has 0 bridgehead atoms. The molecule has 1 N–H and O–H groups in total. The predicted octanol–water partition coefficient (Wildman–Crippen LogP) is -0.751. The van der Waals surface area contributed by atoms with Gasteiger partial charge in [-0.25, -0.2) is 0 Å². The number of hydrogen-bond donors (Lipinski definition) is 1. The zero-order valence-corrected chi connectivity index (χ0v) is 7.25. The standard InChI is InChI=1S/C8H11N3O2/c9-3-1-2-4-11-5-7(12)10-8(13)6-11/h1-2,4-6H2,(H,10,12,13). The molecule has 0 aromatic rings. The number of hydrogen-bond acceptors (Lipinski definition) is 4. The van der Waals surface area contributed by atoms with Crippen LogP contribution < -0.4 is 5.32 Å². The number of rotatable bonds is 3. The first-order valence-electron chi connectivity index (χ1n) is 4.14. The molecule has 0 aromatic carbocycles. The van der Waals surface area contributed by atoms with E-state index in [1.54, 1.807) is 4.90 Å². The molecule has 0 spiro atoms. The Bertz CT molecular complexity index is 241. The summed E-state index contributed by atoms with van der Waals surface area (Å²) in [6.45, 7) is 1.15. The number of nitriles is 1. The van der Waals surface area contributed by atoms with E-state index in [1.165, 1.54) is 0 Å². The molecule has 1 saturated heterocycles. The van der Waals surface area contributed by atoms with Crippen molar-refractivity contribution in [3.8, 4) is 6.07 Å². The van der Waals surface area contributed by atoms with Crippen molar-refractivity contribution in [2.45, 2.75) is 12.8 Å². The van der Waals surface area contributed by atoms with E-state index in [9.17, 15) is 9.59 Å². The maximum absolute atomic E-state index is 10.9. The van der Waals surface area contributed by atoms with Crippen LogP contribution in [-0.2, 0) is 9.59 Å². The van der Waals surface area contributed by atoms with Gasteiger partial charge in [0, 0.05) is 13.0 Å². The van der Waals surface area contributed by atoms with E-state index in [4.69, 9.17) is 5.26 Å². The third-order valence-electron chi connectivity index (χ3n) is 1.78. The third-order valence-corrected chi connectivity index (χ3v) is 1.78. The molecule has 13 heavy (non-hydrogen) atoms. The van der Waals surface area contributed by atoms with Gasteiger partial charge in [0.2, 0.25) is 11.8 Å². The fraction of sp³-hybridized carbons (Fsp3) is 0.625. The zero-order valence-electron chi connectivity index (χ0n) is 7.25. The van der Waals surface area contributed by atoms with E-state index < -0.39 is 0 Å². The average Bonchev–Trinajstić information content (AvgIpc) is 2.03. The molecule has 70 valence electrons. The molecule has 5 heteroatoms. The molecule has 1 aliphatic rings. The number of carbonyl (C=O) groups is 2. The lowest BCUT2D eigenvalue weighted by Crippen LogP contribution is -2.51. The van der Waals surface area contributed by atoms with Gasteiger partial charge in [-0.2, -0.15) is 5.26 Å². The smallest absolute Gasteiger partial charge is 0.240 e. The van der Waals surface area contributed by atoms with E-state index in [0.29, 0.717) is 19.4 Å². The first-order chi connectivity index (χ1) is 6.22. The Morgan fingerprint density at radius 1 is 1.38 bits per heavy atom. The monoisotopic (exact) mass is 181 g/mol. The molecule has 0 unspecified atom stereocenters. The van der Waals surface area contributed by atoms with E-state index in [0.717, 1.165) is 0 Å². The third kappa shape index (κ3) is 3.22. The summed E-state index contributed by atoms with van der Waals surface area (Å²) in [5, 5.41) is 10.5. The van der Waals surface area contributed by atoms with Crippen molar-refractivity contribution in [1.82, 2.24) is 10.2 Å². The highest BCUT2D eigenvalue weighted by Crippen LogP contribution is 1.97. The Labute approximate surface area is 76.3 Å². The van der Waals surface area contributed by atoms with Gasteiger partial charge in [0.15, 0.2) is 0 Å². The first kappa shape index (κ1) is 9.68. The number of carbonyl (C=O) groups excluding carboxylic acids is 2. The van der Waals surface area contributed by atoms with E-state index in [2.05, 4.69) is 5.32 Å². The molecule has 5 nitrogen and oxygen atoms in total. The van der Waals surface area contributed by atoms with Crippen LogP contribution in [-0.4, -0.2) is 36.3 Å². The van der Waals surface area contributed by atoms with Crippen molar-refractivity contribution in [1.29, 1.82) is 5.26 Å². The van der Waals surface area contributed by atoms with Crippen LogP contribution in [0.2, 0.25) is 0 Å². The Kier molecular flexibility index (Phi) is 3.41. The van der Waals surface area contributed by atoms with Crippen LogP contribution >= 0.6 is 0 Å². The summed E-state index contributed by atoms with van der Waals surface area (Å²) in [5.41, 5.74) is 0. The van der Waals surface area contributed by atoms with Gasteiger partial charge in [0.1, 0.15) is 0 Å². The van der Waals surface area contributed by atoms with Gasteiger partial charge < -0.3 is 0 Å². The number of piperazine rings is 1. The second-order valence-corrected chi connectivity index (χ2v) is 2.94. The van der Waals surface area contributed by atoms with Crippen molar-refractivity contribution in [3.05, 3.63) is 0 Å². The molecule has 0 aliphatic carbocycles. The van der Waals surface area contributed by atoms with Gasteiger partial charge in [-0.15, -0.1) is 0 Å². The predicted molar refractivity (Wildman–Crippen MR) is 44.4 cm³/mol. The molecule has 1 heterocycles. The van der Waals surface area contributed by atoms with Gasteiger partial charge in [-0.1, -0.05) is 0 Å². The van der Waals surface area contributed by atoms with E-state index in [1.807, 2.05) is 6.07 Å². The SMILES string of the molecule is N#CCCCN1CC(=O)NC(=O)C1. The van der Waals surface area contributed by atoms with Crippen molar-refractivity contribution in [2.75, 3.05) is 19.6 Å². The molecule has 2 amide bonds. The molecule has 1 rings (SSSR count). The Morgan fingerprint density at radius 2 is 2.00 bits per heavy atom. The lowest BCUT2D eigenvalue weighted by atomic mass is 10.2. The van der Waals surface area contributed by atoms with Crippen LogP contribution in [0.15, 0.2) is 0 Å². The summed E-state index contributed by atoms with van der Waals surface area (Å²) in [5.74, 6) is -0.513. The van der Waals surface area contributed by atoms with Crippen LogP contribution in [0, 0.1) is 11.3 Å². The normalized spacial score (nSPS) is 18.1. The number of amides is 2. The van der Waals surface area contributed by atoms with Crippen LogP contribution in [0.25, 0.3) is 0 Å².